The molecule has 4 heteroatoms. The summed E-state index contributed by atoms with van der Waals surface area (Å²) in [5.74, 6) is 0.871. The highest BCUT2D eigenvalue weighted by molar-refractivity contribution is 6.03. The predicted molar refractivity (Wildman–Crippen MR) is 67.3 cm³/mol. The highest BCUT2D eigenvalue weighted by atomic mass is 16.5. The first-order valence-electron chi connectivity index (χ1n) is 6.09. The SMILES string of the molecule is COc1cc(OC)cc(C(=O)C2(O)CCCC2)c1. The number of methoxy groups -OCH3 is 2. The second-order valence-corrected chi connectivity index (χ2v) is 4.67. The number of ketones is 1. The molecule has 0 saturated heterocycles. The lowest BCUT2D eigenvalue weighted by Gasteiger charge is -2.20. The van der Waals surface area contributed by atoms with E-state index < -0.39 is 5.60 Å². The highest BCUT2D eigenvalue weighted by Gasteiger charge is 2.39. The van der Waals surface area contributed by atoms with Crippen LogP contribution in [0.4, 0.5) is 0 Å². The van der Waals surface area contributed by atoms with Gasteiger partial charge in [-0.2, -0.15) is 0 Å². The number of carbonyl (C=O) groups excluding carboxylic acids is 1. The van der Waals surface area contributed by atoms with Crippen molar-refractivity contribution in [2.45, 2.75) is 31.3 Å². The lowest BCUT2D eigenvalue weighted by atomic mass is 9.91. The minimum Gasteiger partial charge on any atom is -0.497 e. The van der Waals surface area contributed by atoms with Gasteiger partial charge in [0.15, 0.2) is 5.78 Å². The lowest BCUT2D eigenvalue weighted by molar-refractivity contribution is 0.0352. The number of Topliss-reactive ketones (excluding diaryl/α,β-unsaturated/α-hetero) is 1. The monoisotopic (exact) mass is 250 g/mol. The Balaban J connectivity index is 2.34. The normalized spacial score (nSPS) is 17.5. The summed E-state index contributed by atoms with van der Waals surface area (Å²) in [4.78, 5) is 12.3. The molecule has 0 unspecified atom stereocenters. The second-order valence-electron chi connectivity index (χ2n) is 4.67. The minimum absolute atomic E-state index is 0.239. The third-order valence-electron chi connectivity index (χ3n) is 3.47. The van der Waals surface area contributed by atoms with E-state index >= 15 is 0 Å². The summed E-state index contributed by atoms with van der Waals surface area (Å²) in [5, 5.41) is 10.3. The molecule has 1 fully saturated rings. The maximum Gasteiger partial charge on any atom is 0.194 e. The van der Waals surface area contributed by atoms with Crippen molar-refractivity contribution in [3.05, 3.63) is 23.8 Å². The molecule has 0 amide bonds. The Kier molecular flexibility index (Phi) is 3.57. The van der Waals surface area contributed by atoms with Crippen LogP contribution in [-0.4, -0.2) is 30.7 Å². The third-order valence-corrected chi connectivity index (χ3v) is 3.47. The number of aliphatic hydroxyl groups is 1. The van der Waals surface area contributed by atoms with Crippen molar-refractivity contribution in [2.24, 2.45) is 0 Å². The van der Waals surface area contributed by atoms with Gasteiger partial charge in [0.1, 0.15) is 17.1 Å². The lowest BCUT2D eigenvalue weighted by Crippen LogP contribution is -2.35. The molecule has 1 aromatic carbocycles. The zero-order valence-electron chi connectivity index (χ0n) is 10.7. The largest absolute Gasteiger partial charge is 0.497 e. The van der Waals surface area contributed by atoms with Gasteiger partial charge in [0.25, 0.3) is 0 Å². The van der Waals surface area contributed by atoms with Gasteiger partial charge in [-0.1, -0.05) is 0 Å². The van der Waals surface area contributed by atoms with Crippen molar-refractivity contribution in [3.63, 3.8) is 0 Å². The van der Waals surface area contributed by atoms with E-state index in [9.17, 15) is 9.90 Å². The summed E-state index contributed by atoms with van der Waals surface area (Å²) in [5.41, 5.74) is -0.771. The van der Waals surface area contributed by atoms with E-state index in [0.29, 0.717) is 29.9 Å². The molecule has 18 heavy (non-hydrogen) atoms. The molecule has 2 rings (SSSR count). The third kappa shape index (κ3) is 2.34. The van der Waals surface area contributed by atoms with E-state index in [1.807, 2.05) is 0 Å². The average Bonchev–Trinajstić information content (AvgIpc) is 2.85. The fourth-order valence-corrected chi connectivity index (χ4v) is 2.39. The molecule has 0 radical (unpaired) electrons. The van der Waals surface area contributed by atoms with Crippen molar-refractivity contribution in [1.29, 1.82) is 0 Å². The van der Waals surface area contributed by atoms with Gasteiger partial charge in [0.2, 0.25) is 0 Å². The van der Waals surface area contributed by atoms with Crippen molar-refractivity contribution in [2.75, 3.05) is 14.2 Å². The summed E-state index contributed by atoms with van der Waals surface area (Å²) in [6.45, 7) is 0. The molecule has 0 aromatic heterocycles. The average molecular weight is 250 g/mol. The fraction of sp³-hybridized carbons (Fsp3) is 0.500. The van der Waals surface area contributed by atoms with Crippen LogP contribution < -0.4 is 9.47 Å². The number of rotatable bonds is 4. The van der Waals surface area contributed by atoms with Crippen molar-refractivity contribution >= 4 is 5.78 Å². The molecule has 1 N–H and O–H groups in total. The van der Waals surface area contributed by atoms with E-state index in [2.05, 4.69) is 0 Å². The van der Waals surface area contributed by atoms with E-state index in [1.165, 1.54) is 14.2 Å². The van der Waals surface area contributed by atoms with Crippen LogP contribution in [0.3, 0.4) is 0 Å². The molecule has 1 aliphatic rings. The summed E-state index contributed by atoms with van der Waals surface area (Å²) in [6.07, 6.45) is 2.85. The van der Waals surface area contributed by atoms with Gasteiger partial charge in [-0.3, -0.25) is 4.79 Å². The maximum absolute atomic E-state index is 12.3. The molecule has 1 saturated carbocycles. The number of carbonyl (C=O) groups is 1. The Labute approximate surface area is 107 Å². The fourth-order valence-electron chi connectivity index (χ4n) is 2.39. The van der Waals surface area contributed by atoms with Crippen molar-refractivity contribution < 1.29 is 19.4 Å². The zero-order chi connectivity index (χ0) is 13.2. The number of hydrogen-bond donors (Lipinski definition) is 1. The Bertz CT molecular complexity index is 425. The Morgan fingerprint density at radius 1 is 1.11 bits per heavy atom. The molecule has 0 heterocycles. The van der Waals surface area contributed by atoms with E-state index in [-0.39, 0.29) is 5.78 Å². The molecule has 0 bridgehead atoms. The van der Waals surface area contributed by atoms with Crippen LogP contribution >= 0.6 is 0 Å². The van der Waals surface area contributed by atoms with Gasteiger partial charge >= 0.3 is 0 Å². The van der Waals surface area contributed by atoms with Gasteiger partial charge in [-0.05, 0) is 37.8 Å². The number of benzene rings is 1. The maximum atomic E-state index is 12.3. The van der Waals surface area contributed by atoms with Gasteiger partial charge in [0, 0.05) is 11.6 Å². The molecule has 0 spiro atoms. The summed E-state index contributed by atoms with van der Waals surface area (Å²) in [6, 6.07) is 4.98. The first-order chi connectivity index (χ1) is 8.59. The van der Waals surface area contributed by atoms with E-state index in [4.69, 9.17) is 9.47 Å². The van der Waals surface area contributed by atoms with E-state index in [0.717, 1.165) is 12.8 Å². The van der Waals surface area contributed by atoms with Crippen LogP contribution in [0.2, 0.25) is 0 Å². The predicted octanol–water partition coefficient (Wildman–Crippen LogP) is 2.19. The molecule has 1 aliphatic carbocycles. The topological polar surface area (TPSA) is 55.8 Å². The first kappa shape index (κ1) is 12.9. The van der Waals surface area contributed by atoms with Crippen LogP contribution in [0.25, 0.3) is 0 Å². The van der Waals surface area contributed by atoms with E-state index in [1.54, 1.807) is 18.2 Å². The Morgan fingerprint density at radius 3 is 2.06 bits per heavy atom. The van der Waals surface area contributed by atoms with Gasteiger partial charge in [-0.25, -0.2) is 0 Å². The molecule has 1 aromatic rings. The summed E-state index contributed by atoms with van der Waals surface area (Å²) >= 11 is 0. The van der Waals surface area contributed by atoms with Crippen molar-refractivity contribution in [1.82, 2.24) is 0 Å². The van der Waals surface area contributed by atoms with Crippen molar-refractivity contribution in [3.8, 4) is 11.5 Å². The standard InChI is InChI=1S/C14H18O4/c1-17-11-7-10(8-12(9-11)18-2)13(15)14(16)5-3-4-6-14/h7-9,16H,3-6H2,1-2H3. The van der Waals surface area contributed by atoms with Crippen LogP contribution in [-0.2, 0) is 0 Å². The molecule has 0 aliphatic heterocycles. The van der Waals surface area contributed by atoms with Gasteiger partial charge in [0.05, 0.1) is 14.2 Å². The second kappa shape index (κ2) is 4.98. The van der Waals surface area contributed by atoms with Gasteiger partial charge < -0.3 is 14.6 Å². The summed E-state index contributed by atoms with van der Waals surface area (Å²) < 4.78 is 10.3. The van der Waals surface area contributed by atoms with Crippen LogP contribution in [0.1, 0.15) is 36.0 Å². The molecule has 4 nitrogen and oxygen atoms in total. The minimum atomic E-state index is -1.21. The summed E-state index contributed by atoms with van der Waals surface area (Å²) in [7, 11) is 3.07. The first-order valence-corrected chi connectivity index (χ1v) is 6.09. The smallest absolute Gasteiger partial charge is 0.194 e. The Morgan fingerprint density at radius 2 is 1.61 bits per heavy atom. The number of hydrogen-bond acceptors (Lipinski definition) is 4. The van der Waals surface area contributed by atoms with Crippen LogP contribution in [0, 0.1) is 0 Å². The molecule has 0 atom stereocenters. The highest BCUT2D eigenvalue weighted by Crippen LogP contribution is 2.34. The number of ether oxygens (including phenoxy) is 2. The van der Waals surface area contributed by atoms with Gasteiger partial charge in [-0.15, -0.1) is 0 Å². The molecular formula is C14H18O4. The van der Waals surface area contributed by atoms with Crippen LogP contribution in [0.15, 0.2) is 18.2 Å². The van der Waals surface area contributed by atoms with Crippen LogP contribution in [0.5, 0.6) is 11.5 Å². The Hall–Kier alpha value is -1.55. The molecular weight excluding hydrogens is 232 g/mol. The molecule has 98 valence electrons. The quantitative estimate of drug-likeness (QED) is 0.832. The zero-order valence-corrected chi connectivity index (χ0v) is 10.7.